The second-order valence-electron chi connectivity index (χ2n) is 6.48. The van der Waals surface area contributed by atoms with Crippen molar-refractivity contribution in [2.24, 2.45) is 7.05 Å². The maximum Gasteiger partial charge on any atom is 0.225 e. The Morgan fingerprint density at radius 2 is 2.12 bits per heavy atom. The summed E-state index contributed by atoms with van der Waals surface area (Å²) < 4.78 is 7.83. The molecule has 0 fully saturated rings. The average molecular weight is 335 g/mol. The Morgan fingerprint density at radius 1 is 1.28 bits per heavy atom. The molecule has 25 heavy (non-hydrogen) atoms. The van der Waals surface area contributed by atoms with E-state index in [1.165, 1.54) is 5.56 Å². The van der Waals surface area contributed by atoms with Crippen LogP contribution in [0.15, 0.2) is 42.7 Å². The third-order valence-corrected chi connectivity index (χ3v) is 4.47. The van der Waals surface area contributed by atoms with E-state index in [4.69, 9.17) is 9.72 Å². The van der Waals surface area contributed by atoms with Gasteiger partial charge < -0.3 is 9.64 Å². The smallest absolute Gasteiger partial charge is 0.225 e. The average Bonchev–Trinajstić information content (AvgIpc) is 3.16. The monoisotopic (exact) mass is 335 g/mol. The van der Waals surface area contributed by atoms with Gasteiger partial charge in [-0.2, -0.15) is 5.10 Å². The van der Waals surface area contributed by atoms with Crippen LogP contribution in [0, 0.1) is 6.92 Å². The minimum atomic E-state index is 0.120. The summed E-state index contributed by atoms with van der Waals surface area (Å²) in [4.78, 5) is 11.2. The van der Waals surface area contributed by atoms with Crippen molar-refractivity contribution in [3.05, 3.63) is 54.0 Å². The molecule has 0 radical (unpaired) electrons. The molecule has 0 aliphatic carbocycles. The summed E-state index contributed by atoms with van der Waals surface area (Å²) >= 11 is 0. The molecule has 0 amide bonds. The summed E-state index contributed by atoms with van der Waals surface area (Å²) in [6, 6.07) is 10.1. The van der Waals surface area contributed by atoms with Crippen LogP contribution in [-0.4, -0.2) is 39.4 Å². The molecular weight excluding hydrogens is 314 g/mol. The van der Waals surface area contributed by atoms with Gasteiger partial charge in [0, 0.05) is 38.5 Å². The van der Waals surface area contributed by atoms with Crippen LogP contribution in [0.4, 0.5) is 5.95 Å². The largest absolute Gasteiger partial charge is 0.488 e. The van der Waals surface area contributed by atoms with Crippen molar-refractivity contribution in [2.45, 2.75) is 19.4 Å². The van der Waals surface area contributed by atoms with E-state index in [0.29, 0.717) is 5.95 Å². The number of fused-ring (bicyclic) bond motifs is 1. The van der Waals surface area contributed by atoms with E-state index in [0.717, 1.165) is 35.7 Å². The van der Waals surface area contributed by atoms with Gasteiger partial charge >= 0.3 is 0 Å². The molecule has 0 unspecified atom stereocenters. The van der Waals surface area contributed by atoms with Gasteiger partial charge in [0.2, 0.25) is 5.95 Å². The van der Waals surface area contributed by atoms with Crippen LogP contribution in [0.2, 0.25) is 0 Å². The number of hydrogen-bond acceptors (Lipinski definition) is 5. The highest BCUT2D eigenvalue weighted by Crippen LogP contribution is 2.29. The molecule has 0 saturated heterocycles. The van der Waals surface area contributed by atoms with Crippen LogP contribution in [0.5, 0.6) is 5.75 Å². The lowest BCUT2D eigenvalue weighted by Gasteiger charge is -2.21. The summed E-state index contributed by atoms with van der Waals surface area (Å²) in [5.41, 5.74) is 4.15. The van der Waals surface area contributed by atoms with Gasteiger partial charge in [-0.25, -0.2) is 9.97 Å². The topological polar surface area (TPSA) is 56.1 Å². The first kappa shape index (κ1) is 15.6. The highest BCUT2D eigenvalue weighted by Gasteiger charge is 2.24. The van der Waals surface area contributed by atoms with E-state index in [9.17, 15) is 0 Å². The first-order valence-electron chi connectivity index (χ1n) is 8.39. The van der Waals surface area contributed by atoms with Crippen LogP contribution in [0.25, 0.3) is 11.3 Å². The predicted octanol–water partition coefficient (Wildman–Crippen LogP) is 2.63. The van der Waals surface area contributed by atoms with Gasteiger partial charge in [0.05, 0.1) is 17.9 Å². The Morgan fingerprint density at radius 3 is 2.88 bits per heavy atom. The first-order valence-corrected chi connectivity index (χ1v) is 8.39. The quantitative estimate of drug-likeness (QED) is 0.734. The van der Waals surface area contributed by atoms with Crippen LogP contribution in [0.1, 0.15) is 11.3 Å². The third kappa shape index (κ3) is 3.07. The Balaban J connectivity index is 1.51. The minimum absolute atomic E-state index is 0.120. The third-order valence-electron chi connectivity index (χ3n) is 4.47. The van der Waals surface area contributed by atoms with E-state index in [1.807, 2.05) is 50.3 Å². The van der Waals surface area contributed by atoms with Gasteiger partial charge in [-0.1, -0.05) is 18.2 Å². The molecule has 0 saturated carbocycles. The van der Waals surface area contributed by atoms with Crippen LogP contribution in [0.3, 0.4) is 0 Å². The number of likely N-dealkylation sites (N-methyl/N-ethyl adjacent to an activating group) is 1. The molecule has 0 N–H and O–H groups in total. The summed E-state index contributed by atoms with van der Waals surface area (Å²) in [5, 5.41) is 4.39. The Bertz CT molecular complexity index is 879. The maximum atomic E-state index is 6.03. The number of aryl methyl sites for hydroxylation is 2. The summed E-state index contributed by atoms with van der Waals surface area (Å²) in [6.45, 7) is 2.73. The standard InChI is InChI=1S/C19H21N5O/c1-13-16(12-24(3)22-13)17-8-9-20-19(21-17)23(2)11-15-10-14-6-4-5-7-18(14)25-15/h4-9,12,15H,10-11H2,1-3H3/t15-/m0/s1. The van der Waals surface area contributed by atoms with E-state index >= 15 is 0 Å². The van der Waals surface area contributed by atoms with Crippen LogP contribution in [-0.2, 0) is 13.5 Å². The lowest BCUT2D eigenvalue weighted by atomic mass is 10.1. The molecule has 3 aromatic rings. The van der Waals surface area contributed by atoms with Gasteiger partial charge in [-0.3, -0.25) is 4.68 Å². The molecule has 0 bridgehead atoms. The van der Waals surface area contributed by atoms with E-state index in [1.54, 1.807) is 10.9 Å². The molecule has 1 atom stereocenters. The Hall–Kier alpha value is -2.89. The zero-order valence-electron chi connectivity index (χ0n) is 14.7. The first-order chi connectivity index (χ1) is 12.1. The van der Waals surface area contributed by atoms with Crippen molar-refractivity contribution in [3.8, 4) is 17.0 Å². The van der Waals surface area contributed by atoms with Gasteiger partial charge in [0.25, 0.3) is 0 Å². The lowest BCUT2D eigenvalue weighted by molar-refractivity contribution is 0.238. The Labute approximate surface area is 147 Å². The van der Waals surface area contributed by atoms with Crippen molar-refractivity contribution in [1.29, 1.82) is 0 Å². The van der Waals surface area contributed by atoms with E-state index in [2.05, 4.69) is 22.2 Å². The molecular formula is C19H21N5O. The molecule has 3 heterocycles. The highest BCUT2D eigenvalue weighted by atomic mass is 16.5. The fraction of sp³-hybridized carbons (Fsp3) is 0.316. The number of rotatable bonds is 4. The van der Waals surface area contributed by atoms with Crippen LogP contribution >= 0.6 is 0 Å². The molecule has 6 nitrogen and oxygen atoms in total. The molecule has 1 aromatic carbocycles. The summed E-state index contributed by atoms with van der Waals surface area (Å²) in [7, 11) is 3.92. The molecule has 4 rings (SSSR count). The number of para-hydroxylation sites is 1. The molecule has 1 aliphatic rings. The van der Waals surface area contributed by atoms with Gasteiger partial charge in [-0.15, -0.1) is 0 Å². The number of ether oxygens (including phenoxy) is 1. The van der Waals surface area contributed by atoms with E-state index in [-0.39, 0.29) is 6.10 Å². The number of nitrogens with zero attached hydrogens (tertiary/aromatic N) is 5. The SMILES string of the molecule is Cc1nn(C)cc1-c1ccnc(N(C)C[C@@H]2Cc3ccccc3O2)n1. The Kier molecular flexibility index (Phi) is 3.87. The van der Waals surface area contributed by atoms with Gasteiger partial charge in [0.1, 0.15) is 11.9 Å². The maximum absolute atomic E-state index is 6.03. The fourth-order valence-electron chi connectivity index (χ4n) is 3.28. The zero-order valence-corrected chi connectivity index (χ0v) is 14.7. The van der Waals surface area contributed by atoms with Crippen molar-refractivity contribution in [3.63, 3.8) is 0 Å². The summed E-state index contributed by atoms with van der Waals surface area (Å²) in [6.07, 6.45) is 4.82. The molecule has 128 valence electrons. The highest BCUT2D eigenvalue weighted by molar-refractivity contribution is 5.61. The number of hydrogen-bond donors (Lipinski definition) is 0. The van der Waals surface area contributed by atoms with Gasteiger partial charge in [0.15, 0.2) is 0 Å². The van der Waals surface area contributed by atoms with Crippen molar-refractivity contribution >= 4 is 5.95 Å². The predicted molar refractivity (Wildman–Crippen MR) is 96.8 cm³/mol. The number of benzene rings is 1. The van der Waals surface area contributed by atoms with Crippen molar-refractivity contribution in [2.75, 3.05) is 18.5 Å². The normalized spacial score (nSPS) is 15.7. The molecule has 0 spiro atoms. The molecule has 1 aliphatic heterocycles. The van der Waals surface area contributed by atoms with Crippen molar-refractivity contribution < 1.29 is 4.74 Å². The lowest BCUT2D eigenvalue weighted by Crippen LogP contribution is -2.33. The van der Waals surface area contributed by atoms with Gasteiger partial charge in [-0.05, 0) is 24.6 Å². The minimum Gasteiger partial charge on any atom is -0.488 e. The zero-order chi connectivity index (χ0) is 17.4. The number of anilines is 1. The second-order valence-corrected chi connectivity index (χ2v) is 6.48. The van der Waals surface area contributed by atoms with Crippen LogP contribution < -0.4 is 9.64 Å². The van der Waals surface area contributed by atoms with Crippen molar-refractivity contribution in [1.82, 2.24) is 19.7 Å². The fourth-order valence-corrected chi connectivity index (χ4v) is 3.28. The molecule has 6 heteroatoms. The van der Waals surface area contributed by atoms with E-state index < -0.39 is 0 Å². The molecule has 2 aromatic heterocycles. The summed E-state index contributed by atoms with van der Waals surface area (Å²) in [5.74, 6) is 1.68. The second kappa shape index (κ2) is 6.20. The number of aromatic nitrogens is 4.